The van der Waals surface area contributed by atoms with E-state index in [1.54, 1.807) is 0 Å². The number of aryl methyl sites for hydroxylation is 1. The molecule has 2 rings (SSSR count). The predicted octanol–water partition coefficient (Wildman–Crippen LogP) is 1.53. The minimum Gasteiger partial charge on any atom is -0.397 e. The monoisotopic (exact) mass is 278 g/mol. The van der Waals surface area contributed by atoms with Gasteiger partial charge in [0, 0.05) is 17.6 Å². The van der Waals surface area contributed by atoms with Crippen molar-refractivity contribution < 1.29 is 4.79 Å². The van der Waals surface area contributed by atoms with Crippen molar-refractivity contribution in [2.75, 3.05) is 25.9 Å². The van der Waals surface area contributed by atoms with E-state index in [2.05, 4.69) is 15.6 Å². The summed E-state index contributed by atoms with van der Waals surface area (Å²) in [7, 11) is 1.89. The number of hydrogen-bond donors (Lipinski definition) is 3. The number of nitrogens with zero attached hydrogens (tertiary/aromatic N) is 1. The molecular weight excluding hydrogens is 260 g/mol. The number of nitrogen functional groups attached to an aromatic ring is 1. The minimum absolute atomic E-state index is 0.116. The van der Waals surface area contributed by atoms with Crippen LogP contribution in [0.1, 0.15) is 21.8 Å². The first-order valence-electron chi connectivity index (χ1n) is 6.22. The molecule has 0 radical (unpaired) electrons. The maximum absolute atomic E-state index is 12.1. The molecule has 0 unspecified atom stereocenters. The maximum Gasteiger partial charge on any atom is 0.263 e. The summed E-state index contributed by atoms with van der Waals surface area (Å²) in [6, 6.07) is 3.82. The molecule has 102 valence electrons. The van der Waals surface area contributed by atoms with Gasteiger partial charge in [0.25, 0.3) is 5.91 Å². The van der Waals surface area contributed by atoms with E-state index in [0.717, 1.165) is 28.9 Å². The molecule has 0 aliphatic rings. The molecular formula is C13H18N4OS. The fourth-order valence-corrected chi connectivity index (χ4v) is 2.86. The second-order valence-corrected chi connectivity index (χ2v) is 5.36. The molecule has 2 aromatic heterocycles. The molecule has 0 atom stereocenters. The van der Waals surface area contributed by atoms with Gasteiger partial charge >= 0.3 is 0 Å². The second kappa shape index (κ2) is 5.99. The van der Waals surface area contributed by atoms with Gasteiger partial charge in [0.2, 0.25) is 0 Å². The van der Waals surface area contributed by atoms with E-state index in [-0.39, 0.29) is 5.91 Å². The molecule has 0 fully saturated rings. The van der Waals surface area contributed by atoms with E-state index >= 15 is 0 Å². The van der Waals surface area contributed by atoms with Gasteiger partial charge in [0.1, 0.15) is 9.71 Å². The lowest BCUT2D eigenvalue weighted by atomic mass is 10.2. The highest BCUT2D eigenvalue weighted by Gasteiger charge is 2.16. The van der Waals surface area contributed by atoms with Gasteiger partial charge in [0.05, 0.1) is 5.69 Å². The van der Waals surface area contributed by atoms with Crippen LogP contribution in [0, 0.1) is 6.92 Å². The number of pyridine rings is 1. The third kappa shape index (κ3) is 3.02. The Kier molecular flexibility index (Phi) is 4.34. The van der Waals surface area contributed by atoms with Crippen LogP contribution in [-0.4, -0.2) is 31.0 Å². The van der Waals surface area contributed by atoms with Crippen LogP contribution in [0.4, 0.5) is 5.69 Å². The van der Waals surface area contributed by atoms with Crippen LogP contribution in [0.5, 0.6) is 0 Å². The Morgan fingerprint density at radius 1 is 1.42 bits per heavy atom. The van der Waals surface area contributed by atoms with Crippen molar-refractivity contribution in [2.24, 2.45) is 0 Å². The van der Waals surface area contributed by atoms with Gasteiger partial charge in [0.15, 0.2) is 0 Å². The number of nitrogens with one attached hydrogen (secondary N) is 2. The Morgan fingerprint density at radius 2 is 2.21 bits per heavy atom. The van der Waals surface area contributed by atoms with Crippen LogP contribution in [-0.2, 0) is 0 Å². The number of thiophene rings is 1. The molecule has 0 aliphatic heterocycles. The minimum atomic E-state index is -0.116. The number of anilines is 1. The predicted molar refractivity (Wildman–Crippen MR) is 79.6 cm³/mol. The van der Waals surface area contributed by atoms with E-state index in [1.807, 2.05) is 26.1 Å². The van der Waals surface area contributed by atoms with Crippen LogP contribution in [0.2, 0.25) is 0 Å². The Hall–Kier alpha value is -1.66. The molecule has 0 aromatic carbocycles. The van der Waals surface area contributed by atoms with Gasteiger partial charge in [-0.2, -0.15) is 0 Å². The molecule has 0 spiro atoms. The molecule has 2 heterocycles. The van der Waals surface area contributed by atoms with Crippen LogP contribution in [0.25, 0.3) is 10.2 Å². The van der Waals surface area contributed by atoms with Gasteiger partial charge in [-0.05, 0) is 39.1 Å². The maximum atomic E-state index is 12.1. The molecule has 0 saturated heterocycles. The third-order valence-electron chi connectivity index (χ3n) is 2.83. The van der Waals surface area contributed by atoms with Gasteiger partial charge < -0.3 is 16.4 Å². The summed E-state index contributed by atoms with van der Waals surface area (Å²) < 4.78 is 0. The summed E-state index contributed by atoms with van der Waals surface area (Å²) in [6.45, 7) is 3.44. The number of fused-ring (bicyclic) bond motifs is 1. The molecule has 4 N–H and O–H groups in total. The van der Waals surface area contributed by atoms with Crippen molar-refractivity contribution in [1.29, 1.82) is 0 Å². The average molecular weight is 278 g/mol. The smallest absolute Gasteiger partial charge is 0.263 e. The van der Waals surface area contributed by atoms with Gasteiger partial charge in [-0.3, -0.25) is 4.79 Å². The highest BCUT2D eigenvalue weighted by atomic mass is 32.1. The van der Waals surface area contributed by atoms with Crippen LogP contribution in [0.15, 0.2) is 12.1 Å². The summed E-state index contributed by atoms with van der Waals surface area (Å²) in [5, 5.41) is 6.77. The lowest BCUT2D eigenvalue weighted by molar-refractivity contribution is 0.0958. The van der Waals surface area contributed by atoms with E-state index < -0.39 is 0 Å². The highest BCUT2D eigenvalue weighted by molar-refractivity contribution is 7.21. The van der Waals surface area contributed by atoms with Crippen LogP contribution < -0.4 is 16.4 Å². The molecule has 5 nitrogen and oxygen atoms in total. The molecule has 6 heteroatoms. The van der Waals surface area contributed by atoms with Crippen molar-refractivity contribution in [2.45, 2.75) is 13.3 Å². The Bertz CT molecular complexity index is 594. The molecule has 19 heavy (non-hydrogen) atoms. The normalized spacial score (nSPS) is 10.8. The number of rotatable bonds is 5. The molecule has 0 aliphatic carbocycles. The topological polar surface area (TPSA) is 80.0 Å². The Balaban J connectivity index is 2.15. The largest absolute Gasteiger partial charge is 0.397 e. The Labute approximate surface area is 116 Å². The molecule has 0 bridgehead atoms. The van der Waals surface area contributed by atoms with E-state index in [4.69, 9.17) is 5.73 Å². The fourth-order valence-electron chi connectivity index (χ4n) is 1.81. The van der Waals surface area contributed by atoms with E-state index in [0.29, 0.717) is 17.1 Å². The first-order valence-corrected chi connectivity index (χ1v) is 7.03. The van der Waals surface area contributed by atoms with Crippen molar-refractivity contribution in [3.63, 3.8) is 0 Å². The number of amides is 1. The number of nitrogens with two attached hydrogens (primary N) is 1. The lowest BCUT2D eigenvalue weighted by Crippen LogP contribution is -2.26. The van der Waals surface area contributed by atoms with E-state index in [1.165, 1.54) is 11.3 Å². The molecule has 0 saturated carbocycles. The van der Waals surface area contributed by atoms with Crippen LogP contribution in [0.3, 0.4) is 0 Å². The quantitative estimate of drug-likeness (QED) is 0.725. The standard InChI is InChI=1S/C13H18N4OS/c1-8-4-5-9-10(14)11(19-13(9)17-8)12(18)16-7-3-6-15-2/h4-5,15H,3,6-7,14H2,1-2H3,(H,16,18). The highest BCUT2D eigenvalue weighted by Crippen LogP contribution is 2.32. The van der Waals surface area contributed by atoms with Crippen molar-refractivity contribution in [1.82, 2.24) is 15.6 Å². The zero-order valence-corrected chi connectivity index (χ0v) is 11.9. The van der Waals surface area contributed by atoms with Crippen molar-refractivity contribution >= 4 is 33.1 Å². The second-order valence-electron chi connectivity index (χ2n) is 4.36. The first-order chi connectivity index (χ1) is 9.13. The van der Waals surface area contributed by atoms with Gasteiger partial charge in [-0.15, -0.1) is 11.3 Å². The zero-order valence-electron chi connectivity index (χ0n) is 11.1. The number of aromatic nitrogens is 1. The number of carbonyl (C=O) groups is 1. The number of carbonyl (C=O) groups excluding carboxylic acids is 1. The van der Waals surface area contributed by atoms with Crippen molar-refractivity contribution in [3.05, 3.63) is 22.7 Å². The van der Waals surface area contributed by atoms with E-state index in [9.17, 15) is 4.79 Å². The average Bonchev–Trinajstić information content (AvgIpc) is 2.71. The summed E-state index contributed by atoms with van der Waals surface area (Å²) >= 11 is 1.35. The lowest BCUT2D eigenvalue weighted by Gasteiger charge is -2.03. The fraction of sp³-hybridized carbons (Fsp3) is 0.385. The Morgan fingerprint density at radius 3 is 2.95 bits per heavy atom. The van der Waals surface area contributed by atoms with Gasteiger partial charge in [-0.1, -0.05) is 0 Å². The zero-order chi connectivity index (χ0) is 13.8. The number of hydrogen-bond acceptors (Lipinski definition) is 5. The SMILES string of the molecule is CNCCCNC(=O)c1sc2nc(C)ccc2c1N. The summed E-state index contributed by atoms with van der Waals surface area (Å²) in [4.78, 5) is 17.8. The third-order valence-corrected chi connectivity index (χ3v) is 3.94. The van der Waals surface area contributed by atoms with Crippen LogP contribution >= 0.6 is 11.3 Å². The van der Waals surface area contributed by atoms with Gasteiger partial charge in [-0.25, -0.2) is 4.98 Å². The summed E-state index contributed by atoms with van der Waals surface area (Å²) in [5.41, 5.74) is 7.47. The van der Waals surface area contributed by atoms with Crippen molar-refractivity contribution in [3.8, 4) is 0 Å². The first kappa shape index (κ1) is 13.8. The molecule has 1 amide bonds. The molecule has 2 aromatic rings. The summed E-state index contributed by atoms with van der Waals surface area (Å²) in [6.07, 6.45) is 0.893. The summed E-state index contributed by atoms with van der Waals surface area (Å²) in [5.74, 6) is -0.116.